The molecule has 1 aromatic heterocycles. The molecule has 13 heavy (non-hydrogen) atoms. The second kappa shape index (κ2) is 4.13. The number of aromatic nitrogens is 1. The Kier molecular flexibility index (Phi) is 3.36. The Morgan fingerprint density at radius 1 is 1.46 bits per heavy atom. The van der Waals surface area contributed by atoms with Gasteiger partial charge in [0.05, 0.1) is 0 Å². The quantitative estimate of drug-likeness (QED) is 0.731. The first-order valence-corrected chi connectivity index (χ1v) is 4.99. The SMILES string of the molecule is Cc1cnc(C)c(CBr)c1C(F)F. The van der Waals surface area contributed by atoms with Gasteiger partial charge in [0.1, 0.15) is 0 Å². The monoisotopic (exact) mass is 249 g/mol. The van der Waals surface area contributed by atoms with Gasteiger partial charge in [-0.2, -0.15) is 0 Å². The van der Waals surface area contributed by atoms with Gasteiger partial charge < -0.3 is 0 Å². The molecular weight excluding hydrogens is 240 g/mol. The number of hydrogen-bond donors (Lipinski definition) is 0. The number of alkyl halides is 3. The molecular formula is C9H10BrF2N. The fourth-order valence-electron chi connectivity index (χ4n) is 1.25. The van der Waals surface area contributed by atoms with E-state index in [4.69, 9.17) is 0 Å². The molecule has 0 saturated carbocycles. The Morgan fingerprint density at radius 3 is 2.46 bits per heavy atom. The maximum absolute atomic E-state index is 12.6. The van der Waals surface area contributed by atoms with Crippen molar-refractivity contribution in [3.05, 3.63) is 28.6 Å². The fourth-order valence-corrected chi connectivity index (χ4v) is 1.95. The lowest BCUT2D eigenvalue weighted by molar-refractivity contribution is 0.149. The molecule has 0 N–H and O–H groups in total. The molecule has 1 aromatic rings. The standard InChI is InChI=1S/C9H10BrF2N/c1-5-4-13-6(2)7(3-10)8(5)9(11)12/h4,9H,3H2,1-2H3. The minimum absolute atomic E-state index is 0.115. The van der Waals surface area contributed by atoms with Crippen LogP contribution in [-0.4, -0.2) is 4.98 Å². The van der Waals surface area contributed by atoms with Gasteiger partial charge in [-0.1, -0.05) is 15.9 Å². The van der Waals surface area contributed by atoms with Crippen LogP contribution in [0, 0.1) is 13.8 Å². The van der Waals surface area contributed by atoms with Crippen molar-refractivity contribution in [2.24, 2.45) is 0 Å². The van der Waals surface area contributed by atoms with Crippen molar-refractivity contribution in [3.8, 4) is 0 Å². The molecule has 1 nitrogen and oxygen atoms in total. The van der Waals surface area contributed by atoms with Crippen molar-refractivity contribution in [1.29, 1.82) is 0 Å². The summed E-state index contributed by atoms with van der Waals surface area (Å²) in [5.41, 5.74) is 1.94. The van der Waals surface area contributed by atoms with Crippen molar-refractivity contribution in [3.63, 3.8) is 0 Å². The normalized spacial score (nSPS) is 10.9. The van der Waals surface area contributed by atoms with Crippen LogP contribution in [0.2, 0.25) is 0 Å². The maximum atomic E-state index is 12.6. The molecule has 1 rings (SSSR count). The van der Waals surface area contributed by atoms with Crippen molar-refractivity contribution < 1.29 is 8.78 Å². The second-order valence-electron chi connectivity index (χ2n) is 2.85. The van der Waals surface area contributed by atoms with Gasteiger partial charge in [0.2, 0.25) is 0 Å². The zero-order valence-electron chi connectivity index (χ0n) is 7.44. The van der Waals surface area contributed by atoms with Crippen molar-refractivity contribution in [2.45, 2.75) is 25.6 Å². The summed E-state index contributed by atoms with van der Waals surface area (Å²) < 4.78 is 25.2. The van der Waals surface area contributed by atoms with Gasteiger partial charge in [-0.15, -0.1) is 0 Å². The van der Waals surface area contributed by atoms with Crippen LogP contribution >= 0.6 is 15.9 Å². The van der Waals surface area contributed by atoms with Crippen molar-refractivity contribution in [2.75, 3.05) is 0 Å². The predicted molar refractivity (Wildman–Crippen MR) is 51.3 cm³/mol. The summed E-state index contributed by atoms with van der Waals surface area (Å²) in [5.74, 6) is 0. The molecule has 0 fully saturated rings. The van der Waals surface area contributed by atoms with Gasteiger partial charge in [-0.25, -0.2) is 8.78 Å². The predicted octanol–water partition coefficient (Wildman–Crippen LogP) is 3.53. The van der Waals surface area contributed by atoms with Crippen LogP contribution < -0.4 is 0 Å². The molecule has 0 bridgehead atoms. The highest BCUT2D eigenvalue weighted by atomic mass is 79.9. The number of pyridine rings is 1. The lowest BCUT2D eigenvalue weighted by atomic mass is 10.0. The van der Waals surface area contributed by atoms with E-state index >= 15 is 0 Å². The van der Waals surface area contributed by atoms with Gasteiger partial charge in [0.25, 0.3) is 6.43 Å². The summed E-state index contributed by atoms with van der Waals surface area (Å²) in [6.07, 6.45) is -0.933. The molecule has 1 heterocycles. The van der Waals surface area contributed by atoms with Gasteiger partial charge in [0, 0.05) is 22.8 Å². The fraction of sp³-hybridized carbons (Fsp3) is 0.444. The van der Waals surface area contributed by atoms with Crippen LogP contribution in [0.15, 0.2) is 6.20 Å². The van der Waals surface area contributed by atoms with Gasteiger partial charge in [-0.05, 0) is 25.0 Å². The Hall–Kier alpha value is -0.510. The van der Waals surface area contributed by atoms with Gasteiger partial charge in [0.15, 0.2) is 0 Å². The van der Waals surface area contributed by atoms with Crippen LogP contribution in [0.5, 0.6) is 0 Å². The summed E-state index contributed by atoms with van der Waals surface area (Å²) in [6, 6.07) is 0. The van der Waals surface area contributed by atoms with Crippen molar-refractivity contribution >= 4 is 15.9 Å². The summed E-state index contributed by atoms with van der Waals surface area (Å²) >= 11 is 3.19. The van der Waals surface area contributed by atoms with Crippen LogP contribution in [0.1, 0.15) is 28.8 Å². The molecule has 0 atom stereocenters. The first-order chi connectivity index (χ1) is 6.07. The zero-order chi connectivity index (χ0) is 10.0. The van der Waals surface area contributed by atoms with E-state index in [2.05, 4.69) is 20.9 Å². The molecule has 0 aliphatic heterocycles. The molecule has 0 amide bonds. The van der Waals surface area contributed by atoms with Gasteiger partial charge in [-0.3, -0.25) is 4.98 Å². The maximum Gasteiger partial charge on any atom is 0.264 e. The molecule has 0 aromatic carbocycles. The minimum Gasteiger partial charge on any atom is -0.261 e. The Morgan fingerprint density at radius 2 is 2.08 bits per heavy atom. The van der Waals surface area contributed by atoms with E-state index < -0.39 is 6.43 Å². The third-order valence-corrected chi connectivity index (χ3v) is 2.55. The third-order valence-electron chi connectivity index (χ3n) is 1.99. The van der Waals surface area contributed by atoms with Crippen LogP contribution in [-0.2, 0) is 5.33 Å². The van der Waals surface area contributed by atoms with E-state index in [1.807, 2.05) is 0 Å². The molecule has 0 saturated heterocycles. The minimum atomic E-state index is -2.42. The number of nitrogens with zero attached hydrogens (tertiary/aromatic N) is 1. The van der Waals surface area contributed by atoms with Gasteiger partial charge >= 0.3 is 0 Å². The van der Waals surface area contributed by atoms with E-state index in [9.17, 15) is 8.78 Å². The summed E-state index contributed by atoms with van der Waals surface area (Å²) in [7, 11) is 0. The molecule has 0 aliphatic carbocycles. The summed E-state index contributed by atoms with van der Waals surface area (Å²) in [4.78, 5) is 4.03. The summed E-state index contributed by atoms with van der Waals surface area (Å²) in [5, 5.41) is 0.424. The number of aryl methyl sites for hydroxylation is 2. The Balaban J connectivity index is 3.35. The largest absolute Gasteiger partial charge is 0.264 e. The first-order valence-electron chi connectivity index (χ1n) is 3.87. The van der Waals surface area contributed by atoms with Crippen LogP contribution in [0.3, 0.4) is 0 Å². The van der Waals surface area contributed by atoms with Crippen molar-refractivity contribution in [1.82, 2.24) is 4.98 Å². The number of hydrogen-bond acceptors (Lipinski definition) is 1. The Labute approximate surface area is 84.3 Å². The molecule has 0 spiro atoms. The smallest absolute Gasteiger partial charge is 0.261 e. The third kappa shape index (κ3) is 2.05. The lowest BCUT2D eigenvalue weighted by Crippen LogP contribution is -2.01. The van der Waals surface area contributed by atoms with E-state index in [0.717, 1.165) is 0 Å². The van der Waals surface area contributed by atoms with E-state index in [1.54, 1.807) is 13.8 Å². The van der Waals surface area contributed by atoms with Crippen LogP contribution in [0.4, 0.5) is 8.78 Å². The average molecular weight is 250 g/mol. The highest BCUT2D eigenvalue weighted by Gasteiger charge is 2.17. The molecule has 0 aliphatic rings. The highest BCUT2D eigenvalue weighted by molar-refractivity contribution is 9.08. The topological polar surface area (TPSA) is 12.9 Å². The first kappa shape index (κ1) is 10.6. The van der Waals surface area contributed by atoms with E-state index in [1.165, 1.54) is 6.20 Å². The number of halogens is 3. The lowest BCUT2D eigenvalue weighted by Gasteiger charge is -2.11. The van der Waals surface area contributed by atoms with E-state index in [-0.39, 0.29) is 5.56 Å². The highest BCUT2D eigenvalue weighted by Crippen LogP contribution is 2.28. The molecule has 0 unspecified atom stereocenters. The molecule has 0 radical (unpaired) electrons. The van der Waals surface area contributed by atoms with Crippen LogP contribution in [0.25, 0.3) is 0 Å². The summed E-state index contributed by atoms with van der Waals surface area (Å²) in [6.45, 7) is 3.39. The molecule has 4 heteroatoms. The van der Waals surface area contributed by atoms with E-state index in [0.29, 0.717) is 22.2 Å². The average Bonchev–Trinajstić information content (AvgIpc) is 2.07. The second-order valence-corrected chi connectivity index (χ2v) is 3.41. The Bertz CT molecular complexity index is 313. The number of rotatable bonds is 2. The zero-order valence-corrected chi connectivity index (χ0v) is 9.03. The molecule has 72 valence electrons.